The van der Waals surface area contributed by atoms with Gasteiger partial charge >= 0.3 is 5.69 Å². The van der Waals surface area contributed by atoms with Gasteiger partial charge in [-0.2, -0.15) is 0 Å². The molecular formula is C11H11N3O2. The fraction of sp³-hybridized carbons (Fsp3) is 0.182. The topological polar surface area (TPSA) is 67.8 Å². The van der Waals surface area contributed by atoms with Crippen LogP contribution in [0.3, 0.4) is 0 Å². The van der Waals surface area contributed by atoms with E-state index in [4.69, 9.17) is 0 Å². The summed E-state index contributed by atoms with van der Waals surface area (Å²) in [6.45, 7) is 0.339. The van der Waals surface area contributed by atoms with Crippen LogP contribution in [0.15, 0.2) is 46.2 Å². The third-order valence-electron chi connectivity index (χ3n) is 2.26. The first kappa shape index (κ1) is 10.4. The van der Waals surface area contributed by atoms with Crippen LogP contribution in [0.5, 0.6) is 0 Å². The lowest BCUT2D eigenvalue weighted by Crippen LogP contribution is -2.34. The second-order valence-electron chi connectivity index (χ2n) is 3.34. The maximum atomic E-state index is 11.4. The second-order valence-corrected chi connectivity index (χ2v) is 3.34. The molecule has 0 atom stereocenters. The molecule has 0 unspecified atom stereocenters. The van der Waals surface area contributed by atoms with Crippen molar-refractivity contribution in [3.8, 4) is 0 Å². The lowest BCUT2D eigenvalue weighted by molar-refractivity contribution is 0.621. The Morgan fingerprint density at radius 2 is 2.12 bits per heavy atom. The molecule has 82 valence electrons. The summed E-state index contributed by atoms with van der Waals surface area (Å²) in [5.41, 5.74) is 0.181. The molecule has 2 aromatic heterocycles. The van der Waals surface area contributed by atoms with E-state index in [1.165, 1.54) is 12.3 Å². The molecule has 0 aromatic carbocycles. The first-order chi connectivity index (χ1) is 7.77. The van der Waals surface area contributed by atoms with E-state index in [-0.39, 0.29) is 11.2 Å². The van der Waals surface area contributed by atoms with Gasteiger partial charge in [0, 0.05) is 37.1 Å². The number of hydrogen-bond acceptors (Lipinski definition) is 3. The highest BCUT2D eigenvalue weighted by atomic mass is 16.2. The van der Waals surface area contributed by atoms with Gasteiger partial charge in [-0.25, -0.2) is 4.79 Å². The van der Waals surface area contributed by atoms with Crippen LogP contribution in [0.2, 0.25) is 0 Å². The maximum absolute atomic E-state index is 11.4. The minimum atomic E-state index is -0.386. The van der Waals surface area contributed by atoms with Gasteiger partial charge in [0.2, 0.25) is 0 Å². The molecule has 0 radical (unpaired) electrons. The van der Waals surface area contributed by atoms with Crippen molar-refractivity contribution >= 4 is 0 Å². The molecule has 0 fully saturated rings. The monoisotopic (exact) mass is 217 g/mol. The molecule has 2 heterocycles. The summed E-state index contributed by atoms with van der Waals surface area (Å²) in [5.74, 6) is 0. The summed E-state index contributed by atoms with van der Waals surface area (Å²) in [7, 11) is 0. The van der Waals surface area contributed by atoms with E-state index in [0.717, 1.165) is 10.3 Å². The molecule has 5 heteroatoms. The van der Waals surface area contributed by atoms with Gasteiger partial charge in [0.15, 0.2) is 0 Å². The zero-order chi connectivity index (χ0) is 11.4. The number of nitrogens with one attached hydrogen (secondary N) is 1. The number of H-pyrrole nitrogens is 1. The number of nitrogens with zero attached hydrogens (tertiary/aromatic N) is 2. The van der Waals surface area contributed by atoms with Crippen molar-refractivity contribution in [1.29, 1.82) is 0 Å². The average Bonchev–Trinajstić information content (AvgIpc) is 2.30. The van der Waals surface area contributed by atoms with Crippen LogP contribution < -0.4 is 11.2 Å². The third-order valence-corrected chi connectivity index (χ3v) is 2.26. The molecule has 0 bridgehead atoms. The van der Waals surface area contributed by atoms with Crippen molar-refractivity contribution in [2.45, 2.75) is 13.0 Å². The van der Waals surface area contributed by atoms with Crippen molar-refractivity contribution in [3.05, 3.63) is 63.2 Å². The molecule has 0 spiro atoms. The third kappa shape index (κ3) is 2.25. The van der Waals surface area contributed by atoms with Crippen LogP contribution in [0.1, 0.15) is 5.69 Å². The zero-order valence-electron chi connectivity index (χ0n) is 8.59. The van der Waals surface area contributed by atoms with Crippen molar-refractivity contribution in [1.82, 2.24) is 14.5 Å². The van der Waals surface area contributed by atoms with Gasteiger partial charge in [-0.15, -0.1) is 0 Å². The normalized spacial score (nSPS) is 10.2. The Balaban J connectivity index is 2.17. The van der Waals surface area contributed by atoms with Gasteiger partial charge < -0.3 is 4.98 Å². The Kier molecular flexibility index (Phi) is 2.95. The quantitative estimate of drug-likeness (QED) is 0.797. The highest BCUT2D eigenvalue weighted by Crippen LogP contribution is 1.94. The maximum Gasteiger partial charge on any atom is 0.328 e. The summed E-state index contributed by atoms with van der Waals surface area (Å²) in [6.07, 6.45) is 3.60. The van der Waals surface area contributed by atoms with Crippen molar-refractivity contribution in [2.24, 2.45) is 0 Å². The number of aromatic nitrogens is 3. The van der Waals surface area contributed by atoms with Crippen molar-refractivity contribution in [3.63, 3.8) is 0 Å². The summed E-state index contributed by atoms with van der Waals surface area (Å²) in [5, 5.41) is 0. The molecule has 1 N–H and O–H groups in total. The Morgan fingerprint density at radius 1 is 1.25 bits per heavy atom. The molecule has 0 aliphatic rings. The fourth-order valence-corrected chi connectivity index (χ4v) is 1.44. The Labute approximate surface area is 91.4 Å². The summed E-state index contributed by atoms with van der Waals surface area (Å²) in [6, 6.07) is 6.90. The minimum Gasteiger partial charge on any atom is -0.314 e. The Morgan fingerprint density at radius 3 is 2.81 bits per heavy atom. The molecule has 2 aromatic rings. The first-order valence-corrected chi connectivity index (χ1v) is 4.96. The lowest BCUT2D eigenvalue weighted by Gasteiger charge is -2.02. The molecule has 0 saturated heterocycles. The van der Waals surface area contributed by atoms with E-state index in [1.807, 2.05) is 18.2 Å². The van der Waals surface area contributed by atoms with Gasteiger partial charge in [0.25, 0.3) is 5.56 Å². The summed E-state index contributed by atoms with van der Waals surface area (Å²) < 4.78 is 1.16. The molecular weight excluding hydrogens is 206 g/mol. The second kappa shape index (κ2) is 4.57. The van der Waals surface area contributed by atoms with Crippen LogP contribution in [0.4, 0.5) is 0 Å². The van der Waals surface area contributed by atoms with Crippen molar-refractivity contribution < 1.29 is 0 Å². The number of pyridine rings is 1. The minimum absolute atomic E-state index is 0.292. The fourth-order valence-electron chi connectivity index (χ4n) is 1.44. The Hall–Kier alpha value is -2.17. The van der Waals surface area contributed by atoms with Gasteiger partial charge in [0.05, 0.1) is 0 Å². The molecule has 0 saturated carbocycles. The molecule has 2 rings (SSSR count). The van der Waals surface area contributed by atoms with Crippen molar-refractivity contribution in [2.75, 3.05) is 0 Å². The lowest BCUT2D eigenvalue weighted by atomic mass is 10.3. The number of aromatic amines is 1. The highest BCUT2D eigenvalue weighted by molar-refractivity contribution is 5.03. The predicted octanol–water partition coefficient (Wildman–Crippen LogP) is 0.174. The van der Waals surface area contributed by atoms with Crippen LogP contribution in [-0.4, -0.2) is 14.5 Å². The SMILES string of the molecule is O=c1cc[nH]c(=O)n1CCc1ccccn1. The van der Waals surface area contributed by atoms with E-state index in [2.05, 4.69) is 9.97 Å². The highest BCUT2D eigenvalue weighted by Gasteiger charge is 2.00. The van der Waals surface area contributed by atoms with Crippen LogP contribution >= 0.6 is 0 Å². The Bertz CT molecular complexity index is 543. The van der Waals surface area contributed by atoms with E-state index in [0.29, 0.717) is 13.0 Å². The first-order valence-electron chi connectivity index (χ1n) is 4.96. The average molecular weight is 217 g/mol. The molecule has 16 heavy (non-hydrogen) atoms. The van der Waals surface area contributed by atoms with E-state index in [9.17, 15) is 9.59 Å². The van der Waals surface area contributed by atoms with Gasteiger partial charge in [0.1, 0.15) is 0 Å². The van der Waals surface area contributed by atoms with Gasteiger partial charge in [-0.3, -0.25) is 14.3 Å². The van der Waals surface area contributed by atoms with Gasteiger partial charge in [-0.05, 0) is 12.1 Å². The van der Waals surface area contributed by atoms with Crippen LogP contribution in [0.25, 0.3) is 0 Å². The number of hydrogen-bond donors (Lipinski definition) is 1. The summed E-state index contributed by atoms with van der Waals surface area (Å²) >= 11 is 0. The van der Waals surface area contributed by atoms with Crippen LogP contribution in [-0.2, 0) is 13.0 Å². The van der Waals surface area contributed by atoms with Crippen LogP contribution in [0, 0.1) is 0 Å². The molecule has 0 aliphatic carbocycles. The largest absolute Gasteiger partial charge is 0.328 e. The molecule has 0 aliphatic heterocycles. The zero-order valence-corrected chi connectivity index (χ0v) is 8.59. The molecule has 5 nitrogen and oxygen atoms in total. The van der Waals surface area contributed by atoms with E-state index >= 15 is 0 Å². The summed E-state index contributed by atoms with van der Waals surface area (Å²) in [4.78, 5) is 29.3. The number of aryl methyl sites for hydroxylation is 1. The smallest absolute Gasteiger partial charge is 0.314 e. The van der Waals surface area contributed by atoms with E-state index < -0.39 is 0 Å². The molecule has 0 amide bonds. The predicted molar refractivity (Wildman–Crippen MR) is 59.3 cm³/mol. The van der Waals surface area contributed by atoms with E-state index in [1.54, 1.807) is 6.20 Å². The standard InChI is InChI=1S/C11H11N3O2/c15-10-4-7-13-11(16)14(10)8-5-9-3-1-2-6-12-9/h1-4,6-7H,5,8H2,(H,13,16). The van der Waals surface area contributed by atoms with Gasteiger partial charge in [-0.1, -0.05) is 6.07 Å². The number of rotatable bonds is 3.